The molecule has 0 bridgehead atoms. The van der Waals surface area contributed by atoms with Crippen LogP contribution >= 0.6 is 0 Å². The van der Waals surface area contributed by atoms with Gasteiger partial charge in [0.2, 0.25) is 5.95 Å². The molecule has 1 aromatic rings. The highest BCUT2D eigenvalue weighted by molar-refractivity contribution is 5.31. The van der Waals surface area contributed by atoms with Gasteiger partial charge < -0.3 is 10.6 Å². The van der Waals surface area contributed by atoms with Crippen LogP contribution in [0.15, 0.2) is 0 Å². The van der Waals surface area contributed by atoms with E-state index in [1.165, 1.54) is 38.5 Å². The van der Waals surface area contributed by atoms with Gasteiger partial charge in [-0.15, -0.1) is 5.10 Å². The average molecular weight is 263 g/mol. The van der Waals surface area contributed by atoms with Crippen molar-refractivity contribution in [1.29, 1.82) is 0 Å². The van der Waals surface area contributed by atoms with Crippen molar-refractivity contribution < 1.29 is 0 Å². The van der Waals surface area contributed by atoms with E-state index >= 15 is 0 Å². The van der Waals surface area contributed by atoms with Crippen molar-refractivity contribution in [2.45, 2.75) is 57.4 Å². The van der Waals surface area contributed by atoms with Gasteiger partial charge in [0, 0.05) is 25.6 Å². The molecule has 0 aromatic carbocycles. The Hall–Kier alpha value is -1.10. The summed E-state index contributed by atoms with van der Waals surface area (Å²) in [6.07, 6.45) is 10.4. The first-order valence-corrected chi connectivity index (χ1v) is 7.73. The summed E-state index contributed by atoms with van der Waals surface area (Å²) in [5, 5.41) is 7.48. The molecule has 5 nitrogen and oxygen atoms in total. The largest absolute Gasteiger partial charge is 0.338 e. The summed E-state index contributed by atoms with van der Waals surface area (Å²) in [5.41, 5.74) is 5.93. The Kier molecular flexibility index (Phi) is 4.01. The molecule has 0 spiro atoms. The Morgan fingerprint density at radius 3 is 2.63 bits per heavy atom. The van der Waals surface area contributed by atoms with Crippen LogP contribution in [0.4, 0.5) is 5.95 Å². The zero-order chi connectivity index (χ0) is 13.1. The molecule has 1 aromatic heterocycles. The Bertz CT molecular complexity index is 394. The molecular weight excluding hydrogens is 238 g/mol. The van der Waals surface area contributed by atoms with Crippen molar-refractivity contribution in [3.05, 3.63) is 5.82 Å². The molecule has 5 heteroatoms. The van der Waals surface area contributed by atoms with Crippen molar-refractivity contribution in [2.75, 3.05) is 18.0 Å². The number of aromatic nitrogens is 3. The summed E-state index contributed by atoms with van der Waals surface area (Å²) in [6, 6.07) is 0.281. The quantitative estimate of drug-likeness (QED) is 0.817. The summed E-state index contributed by atoms with van der Waals surface area (Å²) < 4.78 is 0. The lowest BCUT2D eigenvalue weighted by atomic mass is 9.96. The van der Waals surface area contributed by atoms with E-state index in [0.717, 1.165) is 43.6 Å². The second-order valence-electron chi connectivity index (χ2n) is 6.14. The molecule has 2 heterocycles. The number of hydrogen-bond donors (Lipinski definition) is 2. The van der Waals surface area contributed by atoms with E-state index in [9.17, 15) is 0 Å². The van der Waals surface area contributed by atoms with Gasteiger partial charge in [0.1, 0.15) is 5.82 Å². The minimum absolute atomic E-state index is 0.281. The normalized spacial score (nSPS) is 25.7. The first-order valence-electron chi connectivity index (χ1n) is 7.73. The number of rotatable bonds is 3. The van der Waals surface area contributed by atoms with Gasteiger partial charge in [0.05, 0.1) is 0 Å². The SMILES string of the molecule is NC1CCN(c2n[nH]c(CC3CCCCCC3)n2)C1. The summed E-state index contributed by atoms with van der Waals surface area (Å²) in [7, 11) is 0. The highest BCUT2D eigenvalue weighted by Gasteiger charge is 2.23. The summed E-state index contributed by atoms with van der Waals surface area (Å²) >= 11 is 0. The first-order chi connectivity index (χ1) is 9.31. The highest BCUT2D eigenvalue weighted by atomic mass is 15.4. The van der Waals surface area contributed by atoms with Crippen LogP contribution in [-0.4, -0.2) is 34.3 Å². The Morgan fingerprint density at radius 1 is 1.16 bits per heavy atom. The molecule has 2 fully saturated rings. The smallest absolute Gasteiger partial charge is 0.244 e. The summed E-state index contributed by atoms with van der Waals surface area (Å²) in [4.78, 5) is 6.85. The van der Waals surface area contributed by atoms with Gasteiger partial charge in [0.25, 0.3) is 0 Å². The van der Waals surface area contributed by atoms with Crippen molar-refractivity contribution in [1.82, 2.24) is 15.2 Å². The highest BCUT2D eigenvalue weighted by Crippen LogP contribution is 2.25. The zero-order valence-electron chi connectivity index (χ0n) is 11.6. The first kappa shape index (κ1) is 12.9. The fraction of sp³-hybridized carbons (Fsp3) is 0.857. The molecule has 1 saturated heterocycles. The molecule has 1 unspecified atom stereocenters. The van der Waals surface area contributed by atoms with Crippen LogP contribution in [0.25, 0.3) is 0 Å². The number of nitrogens with one attached hydrogen (secondary N) is 1. The fourth-order valence-electron chi connectivity index (χ4n) is 3.33. The molecule has 19 heavy (non-hydrogen) atoms. The van der Waals surface area contributed by atoms with Crippen LogP contribution in [0.5, 0.6) is 0 Å². The van der Waals surface area contributed by atoms with E-state index in [0.29, 0.717) is 0 Å². The maximum absolute atomic E-state index is 5.93. The number of nitrogens with zero attached hydrogens (tertiary/aromatic N) is 3. The molecule has 2 aliphatic rings. The minimum Gasteiger partial charge on any atom is -0.338 e. The number of H-pyrrole nitrogens is 1. The molecule has 3 N–H and O–H groups in total. The Morgan fingerprint density at radius 2 is 1.95 bits per heavy atom. The van der Waals surface area contributed by atoms with Crippen molar-refractivity contribution in [3.8, 4) is 0 Å². The predicted octanol–water partition coefficient (Wildman–Crippen LogP) is 1.85. The Balaban J connectivity index is 1.58. The number of nitrogens with two attached hydrogens (primary N) is 1. The number of hydrogen-bond acceptors (Lipinski definition) is 4. The molecular formula is C14H25N5. The van der Waals surface area contributed by atoms with E-state index in [1.807, 2.05) is 0 Å². The van der Waals surface area contributed by atoms with E-state index in [2.05, 4.69) is 20.1 Å². The number of aromatic amines is 1. The standard InChI is InChI=1S/C14H25N5/c15-12-7-8-19(10-12)14-16-13(17-18-14)9-11-5-3-1-2-4-6-11/h11-12H,1-10,15H2,(H,16,17,18). The molecule has 1 saturated carbocycles. The predicted molar refractivity (Wildman–Crippen MR) is 76.1 cm³/mol. The van der Waals surface area contributed by atoms with E-state index in [1.54, 1.807) is 0 Å². The molecule has 0 amide bonds. The second kappa shape index (κ2) is 5.90. The molecule has 1 aliphatic carbocycles. The molecule has 106 valence electrons. The van der Waals surface area contributed by atoms with Crippen LogP contribution in [0.1, 0.15) is 50.8 Å². The Labute approximate surface area is 115 Å². The third kappa shape index (κ3) is 3.26. The topological polar surface area (TPSA) is 70.8 Å². The molecule has 1 aliphatic heterocycles. The number of anilines is 1. The maximum atomic E-state index is 5.93. The van der Waals surface area contributed by atoms with Gasteiger partial charge in [-0.2, -0.15) is 4.98 Å². The maximum Gasteiger partial charge on any atom is 0.244 e. The van der Waals surface area contributed by atoms with Gasteiger partial charge >= 0.3 is 0 Å². The van der Waals surface area contributed by atoms with E-state index < -0.39 is 0 Å². The lowest BCUT2D eigenvalue weighted by Crippen LogP contribution is -2.27. The van der Waals surface area contributed by atoms with Crippen LogP contribution in [-0.2, 0) is 6.42 Å². The summed E-state index contributed by atoms with van der Waals surface area (Å²) in [6.45, 7) is 1.88. The lowest BCUT2D eigenvalue weighted by Gasteiger charge is -2.12. The fourth-order valence-corrected chi connectivity index (χ4v) is 3.33. The van der Waals surface area contributed by atoms with Crippen LogP contribution in [0.3, 0.4) is 0 Å². The third-order valence-corrected chi connectivity index (χ3v) is 4.48. The molecule has 0 radical (unpaired) electrons. The average Bonchev–Trinajstić information content (AvgIpc) is 2.94. The minimum atomic E-state index is 0.281. The van der Waals surface area contributed by atoms with Gasteiger partial charge in [-0.1, -0.05) is 38.5 Å². The second-order valence-corrected chi connectivity index (χ2v) is 6.14. The van der Waals surface area contributed by atoms with Crippen LogP contribution < -0.4 is 10.6 Å². The van der Waals surface area contributed by atoms with E-state index in [4.69, 9.17) is 5.73 Å². The van der Waals surface area contributed by atoms with Crippen molar-refractivity contribution in [3.63, 3.8) is 0 Å². The third-order valence-electron chi connectivity index (χ3n) is 4.48. The van der Waals surface area contributed by atoms with Gasteiger partial charge in [-0.25, -0.2) is 0 Å². The van der Waals surface area contributed by atoms with Crippen molar-refractivity contribution in [2.24, 2.45) is 11.7 Å². The lowest BCUT2D eigenvalue weighted by molar-refractivity contribution is 0.448. The van der Waals surface area contributed by atoms with E-state index in [-0.39, 0.29) is 6.04 Å². The van der Waals surface area contributed by atoms with Crippen LogP contribution in [0, 0.1) is 5.92 Å². The molecule has 1 atom stereocenters. The summed E-state index contributed by atoms with van der Waals surface area (Å²) in [5.74, 6) is 2.70. The zero-order valence-corrected chi connectivity index (χ0v) is 11.6. The van der Waals surface area contributed by atoms with Crippen molar-refractivity contribution >= 4 is 5.95 Å². The van der Waals surface area contributed by atoms with Gasteiger partial charge in [-0.05, 0) is 12.3 Å². The molecule has 3 rings (SSSR count). The monoisotopic (exact) mass is 263 g/mol. The van der Waals surface area contributed by atoms with Gasteiger partial charge in [-0.3, -0.25) is 5.10 Å². The van der Waals surface area contributed by atoms with Gasteiger partial charge in [0.15, 0.2) is 0 Å². The van der Waals surface area contributed by atoms with Crippen LogP contribution in [0.2, 0.25) is 0 Å².